The molecule has 0 bridgehead atoms. The first kappa shape index (κ1) is 17.2. The quantitative estimate of drug-likeness (QED) is 0.721. The first-order valence-corrected chi connectivity index (χ1v) is 7.95. The number of halogens is 2. The van der Waals surface area contributed by atoms with Crippen LogP contribution in [0.15, 0.2) is 22.7 Å². The number of rotatable bonds is 6. The maximum atomic E-state index is 14.0. The Morgan fingerprint density at radius 1 is 1.30 bits per heavy atom. The van der Waals surface area contributed by atoms with Crippen LogP contribution in [-0.2, 0) is 0 Å². The highest BCUT2D eigenvalue weighted by Gasteiger charge is 2.25. The van der Waals surface area contributed by atoms with Crippen LogP contribution in [0.2, 0.25) is 0 Å². The molecule has 0 saturated carbocycles. The summed E-state index contributed by atoms with van der Waals surface area (Å²) in [5, 5.41) is 0. The van der Waals surface area contributed by atoms with E-state index in [1.54, 1.807) is 12.1 Å². The van der Waals surface area contributed by atoms with Crippen LogP contribution >= 0.6 is 15.9 Å². The Labute approximate surface area is 129 Å². The van der Waals surface area contributed by atoms with Crippen molar-refractivity contribution in [2.45, 2.75) is 46.6 Å². The van der Waals surface area contributed by atoms with Gasteiger partial charge in [0.1, 0.15) is 5.82 Å². The third kappa shape index (κ3) is 4.30. The number of nitrogens with zero attached hydrogens (tertiary/aromatic N) is 1. The van der Waals surface area contributed by atoms with Crippen molar-refractivity contribution in [1.29, 1.82) is 0 Å². The summed E-state index contributed by atoms with van der Waals surface area (Å²) in [6.07, 6.45) is 1.76. The van der Waals surface area contributed by atoms with E-state index in [0.29, 0.717) is 16.9 Å². The molecule has 0 fully saturated rings. The van der Waals surface area contributed by atoms with Gasteiger partial charge in [-0.05, 0) is 37.0 Å². The average Bonchev–Trinajstić information content (AvgIpc) is 2.37. The van der Waals surface area contributed by atoms with E-state index in [9.17, 15) is 9.18 Å². The molecule has 1 amide bonds. The lowest BCUT2D eigenvalue weighted by atomic mass is 10.1. The Morgan fingerprint density at radius 3 is 2.35 bits per heavy atom. The van der Waals surface area contributed by atoms with E-state index in [2.05, 4.69) is 43.6 Å². The van der Waals surface area contributed by atoms with Gasteiger partial charge >= 0.3 is 0 Å². The highest BCUT2D eigenvalue weighted by atomic mass is 79.9. The second-order valence-electron chi connectivity index (χ2n) is 5.45. The van der Waals surface area contributed by atoms with Crippen LogP contribution < -0.4 is 0 Å². The molecular formula is C16H23BrFNO. The van der Waals surface area contributed by atoms with E-state index < -0.39 is 5.82 Å². The fourth-order valence-electron chi connectivity index (χ4n) is 2.34. The maximum Gasteiger partial charge on any atom is 0.257 e. The molecule has 1 rings (SSSR count). The van der Waals surface area contributed by atoms with Gasteiger partial charge in [-0.25, -0.2) is 4.39 Å². The molecule has 0 atom stereocenters. The molecule has 0 radical (unpaired) electrons. The number of carbonyl (C=O) groups excluding carboxylic acids is 1. The van der Waals surface area contributed by atoms with Crippen LogP contribution in [0.1, 0.15) is 50.9 Å². The Kier molecular flexibility index (Phi) is 6.66. The molecule has 0 aliphatic heterocycles. The van der Waals surface area contributed by atoms with Gasteiger partial charge in [0.2, 0.25) is 0 Å². The minimum atomic E-state index is -0.468. The van der Waals surface area contributed by atoms with Crippen LogP contribution in [0.5, 0.6) is 0 Å². The molecule has 4 heteroatoms. The first-order valence-electron chi connectivity index (χ1n) is 7.16. The van der Waals surface area contributed by atoms with Crippen LogP contribution in [0.3, 0.4) is 0 Å². The van der Waals surface area contributed by atoms with Crippen molar-refractivity contribution in [2.24, 2.45) is 5.92 Å². The summed E-state index contributed by atoms with van der Waals surface area (Å²) in [4.78, 5) is 14.5. The molecule has 0 N–H and O–H groups in total. The zero-order valence-corrected chi connectivity index (χ0v) is 14.2. The van der Waals surface area contributed by atoms with Gasteiger partial charge in [0.25, 0.3) is 5.91 Å². The van der Waals surface area contributed by atoms with Gasteiger partial charge in [0, 0.05) is 17.1 Å². The van der Waals surface area contributed by atoms with Gasteiger partial charge in [-0.1, -0.05) is 43.6 Å². The average molecular weight is 344 g/mol. The van der Waals surface area contributed by atoms with Crippen molar-refractivity contribution in [3.8, 4) is 0 Å². The van der Waals surface area contributed by atoms with Crippen molar-refractivity contribution in [1.82, 2.24) is 4.90 Å². The minimum absolute atomic E-state index is 0.153. The van der Waals surface area contributed by atoms with Gasteiger partial charge in [0.05, 0.1) is 5.56 Å². The number of hydrogen-bond acceptors (Lipinski definition) is 1. The summed E-state index contributed by atoms with van der Waals surface area (Å²) in [7, 11) is 0. The zero-order valence-electron chi connectivity index (χ0n) is 12.6. The molecule has 0 saturated heterocycles. The summed E-state index contributed by atoms with van der Waals surface area (Å²) in [5.41, 5.74) is 0.153. The highest BCUT2D eigenvalue weighted by Crippen LogP contribution is 2.20. The van der Waals surface area contributed by atoms with E-state index in [1.807, 2.05) is 4.90 Å². The third-order valence-electron chi connectivity index (χ3n) is 3.37. The van der Waals surface area contributed by atoms with Gasteiger partial charge in [-0.15, -0.1) is 0 Å². The van der Waals surface area contributed by atoms with E-state index in [-0.39, 0.29) is 17.5 Å². The number of carbonyl (C=O) groups is 1. The Hall–Kier alpha value is -0.900. The summed E-state index contributed by atoms with van der Waals surface area (Å²) < 4.78 is 14.6. The normalized spacial score (nSPS) is 11.2. The van der Waals surface area contributed by atoms with E-state index in [0.717, 1.165) is 12.8 Å². The first-order chi connectivity index (χ1) is 9.40. The Bertz CT molecular complexity index is 458. The number of hydrogen-bond donors (Lipinski definition) is 0. The summed E-state index contributed by atoms with van der Waals surface area (Å²) in [6, 6.07) is 4.76. The lowest BCUT2D eigenvalue weighted by Gasteiger charge is -2.32. The van der Waals surface area contributed by atoms with E-state index >= 15 is 0 Å². The third-order valence-corrected chi connectivity index (χ3v) is 3.86. The predicted molar refractivity (Wildman–Crippen MR) is 84.3 cm³/mol. The fraction of sp³-hybridized carbons (Fsp3) is 0.562. The molecule has 0 heterocycles. The molecule has 112 valence electrons. The molecule has 1 aromatic rings. The maximum absolute atomic E-state index is 14.0. The largest absolute Gasteiger partial charge is 0.335 e. The topological polar surface area (TPSA) is 20.3 Å². The van der Waals surface area contributed by atoms with Crippen molar-refractivity contribution in [3.63, 3.8) is 0 Å². The highest BCUT2D eigenvalue weighted by molar-refractivity contribution is 9.10. The number of amides is 1. The predicted octanol–water partition coefficient (Wildman–Crippen LogP) is 4.88. The fourth-order valence-corrected chi connectivity index (χ4v) is 2.67. The van der Waals surface area contributed by atoms with E-state index in [4.69, 9.17) is 0 Å². The van der Waals surface area contributed by atoms with Crippen LogP contribution in [0.4, 0.5) is 4.39 Å². The zero-order chi connectivity index (χ0) is 15.3. The van der Waals surface area contributed by atoms with Gasteiger partial charge in [0.15, 0.2) is 0 Å². The molecular weight excluding hydrogens is 321 g/mol. The smallest absolute Gasteiger partial charge is 0.257 e. The SMILES string of the molecule is CCC(CC)N(CC(C)C)C(=O)c1ccc(Br)cc1F. The lowest BCUT2D eigenvalue weighted by molar-refractivity contribution is 0.0635. The molecule has 2 nitrogen and oxygen atoms in total. The summed E-state index contributed by atoms with van der Waals surface area (Å²) in [5.74, 6) is -0.320. The van der Waals surface area contributed by atoms with Crippen molar-refractivity contribution >= 4 is 21.8 Å². The number of benzene rings is 1. The van der Waals surface area contributed by atoms with Crippen LogP contribution in [0.25, 0.3) is 0 Å². The summed E-state index contributed by atoms with van der Waals surface area (Å²) >= 11 is 3.21. The molecule has 0 aliphatic carbocycles. The van der Waals surface area contributed by atoms with Crippen LogP contribution in [-0.4, -0.2) is 23.4 Å². The van der Waals surface area contributed by atoms with Gasteiger partial charge in [-0.3, -0.25) is 4.79 Å². The summed E-state index contributed by atoms with van der Waals surface area (Å²) in [6.45, 7) is 8.92. The molecule has 1 aromatic carbocycles. The van der Waals surface area contributed by atoms with Crippen LogP contribution in [0, 0.1) is 11.7 Å². The van der Waals surface area contributed by atoms with Gasteiger partial charge in [-0.2, -0.15) is 0 Å². The minimum Gasteiger partial charge on any atom is -0.335 e. The van der Waals surface area contributed by atoms with Crippen molar-refractivity contribution < 1.29 is 9.18 Å². The van der Waals surface area contributed by atoms with Crippen molar-refractivity contribution in [2.75, 3.05) is 6.54 Å². The van der Waals surface area contributed by atoms with Crippen molar-refractivity contribution in [3.05, 3.63) is 34.1 Å². The Balaban J connectivity index is 3.09. The molecule has 20 heavy (non-hydrogen) atoms. The van der Waals surface area contributed by atoms with E-state index in [1.165, 1.54) is 6.07 Å². The lowest BCUT2D eigenvalue weighted by Crippen LogP contribution is -2.42. The molecule has 0 aromatic heterocycles. The second kappa shape index (κ2) is 7.77. The standard InChI is InChI=1S/C16H23BrFNO/c1-5-13(6-2)19(10-11(3)4)16(20)14-8-7-12(17)9-15(14)18/h7-9,11,13H,5-6,10H2,1-4H3. The molecule has 0 spiro atoms. The monoisotopic (exact) mass is 343 g/mol. The van der Waals surface area contributed by atoms with Gasteiger partial charge < -0.3 is 4.90 Å². The second-order valence-corrected chi connectivity index (χ2v) is 6.36. The molecule has 0 aliphatic rings. The Morgan fingerprint density at radius 2 is 1.90 bits per heavy atom. The molecule has 0 unspecified atom stereocenters.